The molecule has 0 spiro atoms. The average Bonchev–Trinajstić information content (AvgIpc) is 2.37. The van der Waals surface area contributed by atoms with E-state index in [2.05, 4.69) is 5.32 Å². The Balaban J connectivity index is 2.59. The molecule has 1 N–H and O–H groups in total. The molecule has 1 rings (SSSR count). The molecule has 0 aliphatic carbocycles. The molecule has 0 amide bonds. The molecule has 0 saturated carbocycles. The van der Waals surface area contributed by atoms with Crippen molar-refractivity contribution in [3.8, 4) is 0 Å². The lowest BCUT2D eigenvalue weighted by atomic mass is 10.3. The van der Waals surface area contributed by atoms with E-state index in [1.807, 2.05) is 13.8 Å². The maximum Gasteiger partial charge on any atom is 0.215 e. The third-order valence-corrected chi connectivity index (χ3v) is 8.00. The number of sulfonamides is 1. The summed E-state index contributed by atoms with van der Waals surface area (Å²) < 4.78 is 49.5. The highest BCUT2D eigenvalue weighted by atomic mass is 32.2. The fraction of sp³-hybridized carbons (Fsp3) is 1.00. The average molecular weight is 359 g/mol. The number of sulfone groups is 1. The number of hydrogen-bond donors (Lipinski definition) is 1. The van der Waals surface area contributed by atoms with E-state index in [0.717, 1.165) is 19.2 Å². The molecule has 0 bridgehead atoms. The molecule has 21 heavy (non-hydrogen) atoms. The smallest absolute Gasteiger partial charge is 0.215 e. The molecular weight excluding hydrogens is 332 g/mol. The van der Waals surface area contributed by atoms with Crippen LogP contribution in [-0.4, -0.2) is 69.2 Å². The Morgan fingerprint density at radius 3 is 2.48 bits per heavy atom. The van der Waals surface area contributed by atoms with Crippen LogP contribution in [0.5, 0.6) is 0 Å². The van der Waals surface area contributed by atoms with Crippen molar-refractivity contribution in [1.29, 1.82) is 0 Å². The minimum absolute atomic E-state index is 0.0173. The second-order valence-electron chi connectivity index (χ2n) is 5.60. The Kier molecular flexibility index (Phi) is 7.45. The van der Waals surface area contributed by atoms with Crippen LogP contribution in [0.2, 0.25) is 0 Å². The monoisotopic (exact) mass is 358 g/mol. The molecular formula is C12H26N2O4S3. The summed E-state index contributed by atoms with van der Waals surface area (Å²) in [6.07, 6.45) is 2.42. The summed E-state index contributed by atoms with van der Waals surface area (Å²) in [6.45, 7) is 5.14. The first kappa shape index (κ1) is 19.2. The van der Waals surface area contributed by atoms with Gasteiger partial charge in [-0.1, -0.05) is 13.8 Å². The standard InChI is InChI=1S/C12H26N2O4S3/c1-11(2)13-6-4-5-9-21(17,18)14-7-8-19-10-12(14)20(3,15)16/h11-13H,4-10H2,1-3H3. The van der Waals surface area contributed by atoms with Gasteiger partial charge in [0.2, 0.25) is 10.0 Å². The van der Waals surface area contributed by atoms with Crippen LogP contribution >= 0.6 is 11.8 Å². The minimum Gasteiger partial charge on any atom is -0.315 e. The summed E-state index contributed by atoms with van der Waals surface area (Å²) in [6, 6.07) is 0.385. The van der Waals surface area contributed by atoms with Crippen molar-refractivity contribution in [2.45, 2.75) is 38.1 Å². The number of rotatable bonds is 8. The van der Waals surface area contributed by atoms with E-state index in [1.165, 1.54) is 16.1 Å². The molecule has 9 heteroatoms. The molecule has 1 saturated heterocycles. The van der Waals surface area contributed by atoms with Gasteiger partial charge in [0.25, 0.3) is 0 Å². The normalized spacial score (nSPS) is 21.8. The van der Waals surface area contributed by atoms with Crippen LogP contribution in [-0.2, 0) is 19.9 Å². The van der Waals surface area contributed by atoms with Gasteiger partial charge >= 0.3 is 0 Å². The predicted molar refractivity (Wildman–Crippen MR) is 88.8 cm³/mol. The van der Waals surface area contributed by atoms with Crippen molar-refractivity contribution >= 4 is 31.6 Å². The highest BCUT2D eigenvalue weighted by Gasteiger charge is 2.38. The molecule has 1 aliphatic heterocycles. The molecule has 1 fully saturated rings. The van der Waals surface area contributed by atoms with Crippen LogP contribution in [0.15, 0.2) is 0 Å². The first-order valence-corrected chi connectivity index (χ1v) is 11.9. The molecule has 0 radical (unpaired) electrons. The zero-order chi connectivity index (χ0) is 16.1. The summed E-state index contributed by atoms with van der Waals surface area (Å²) in [5, 5.41) is 2.33. The Bertz CT molecular complexity index is 517. The van der Waals surface area contributed by atoms with E-state index in [0.29, 0.717) is 24.0 Å². The molecule has 1 heterocycles. The number of unbranched alkanes of at least 4 members (excludes halogenated alkanes) is 1. The molecule has 0 aromatic heterocycles. The lowest BCUT2D eigenvalue weighted by Crippen LogP contribution is -2.50. The van der Waals surface area contributed by atoms with Gasteiger partial charge in [-0.3, -0.25) is 0 Å². The Labute approximate surface area is 133 Å². The third kappa shape index (κ3) is 6.43. The van der Waals surface area contributed by atoms with Gasteiger partial charge in [0.05, 0.1) is 5.75 Å². The summed E-state index contributed by atoms with van der Waals surface area (Å²) in [4.78, 5) is 0. The van der Waals surface area contributed by atoms with Gasteiger partial charge in [0, 0.05) is 30.3 Å². The number of nitrogens with one attached hydrogen (secondary N) is 1. The van der Waals surface area contributed by atoms with E-state index in [-0.39, 0.29) is 12.3 Å². The highest BCUT2D eigenvalue weighted by Crippen LogP contribution is 2.23. The quantitative estimate of drug-likeness (QED) is 0.637. The summed E-state index contributed by atoms with van der Waals surface area (Å²) in [5.74, 6) is 0.997. The SMILES string of the molecule is CC(C)NCCCCS(=O)(=O)N1CCSCC1S(C)(=O)=O. The Morgan fingerprint density at radius 1 is 1.24 bits per heavy atom. The molecule has 1 atom stereocenters. The van der Waals surface area contributed by atoms with Crippen molar-refractivity contribution in [3.05, 3.63) is 0 Å². The van der Waals surface area contributed by atoms with Crippen LogP contribution in [0.1, 0.15) is 26.7 Å². The van der Waals surface area contributed by atoms with Crippen LogP contribution in [0.3, 0.4) is 0 Å². The first-order valence-electron chi connectivity index (χ1n) is 7.14. The lowest BCUT2D eigenvalue weighted by Gasteiger charge is -2.33. The van der Waals surface area contributed by atoms with Crippen molar-refractivity contribution in [2.24, 2.45) is 0 Å². The molecule has 0 aromatic carbocycles. The summed E-state index contributed by atoms with van der Waals surface area (Å²) >= 11 is 1.49. The van der Waals surface area contributed by atoms with Gasteiger partial charge in [0.1, 0.15) is 5.37 Å². The van der Waals surface area contributed by atoms with Gasteiger partial charge in [0.15, 0.2) is 9.84 Å². The van der Waals surface area contributed by atoms with Crippen molar-refractivity contribution in [3.63, 3.8) is 0 Å². The van der Waals surface area contributed by atoms with Crippen LogP contribution in [0.25, 0.3) is 0 Å². The second kappa shape index (κ2) is 8.14. The Hall–Kier alpha value is 0.170. The van der Waals surface area contributed by atoms with Gasteiger partial charge in [-0.25, -0.2) is 16.8 Å². The molecule has 126 valence electrons. The maximum atomic E-state index is 12.4. The van der Waals surface area contributed by atoms with Crippen molar-refractivity contribution in [2.75, 3.05) is 36.6 Å². The van der Waals surface area contributed by atoms with E-state index < -0.39 is 25.2 Å². The molecule has 1 aliphatic rings. The van der Waals surface area contributed by atoms with Crippen molar-refractivity contribution in [1.82, 2.24) is 9.62 Å². The fourth-order valence-electron chi connectivity index (χ4n) is 2.14. The summed E-state index contributed by atoms with van der Waals surface area (Å²) in [5.41, 5.74) is 0. The molecule has 1 unspecified atom stereocenters. The number of nitrogens with zero attached hydrogens (tertiary/aromatic N) is 1. The molecule has 6 nitrogen and oxygen atoms in total. The van der Waals surface area contributed by atoms with Crippen LogP contribution in [0, 0.1) is 0 Å². The van der Waals surface area contributed by atoms with E-state index in [9.17, 15) is 16.8 Å². The zero-order valence-corrected chi connectivity index (χ0v) is 15.4. The van der Waals surface area contributed by atoms with Gasteiger partial charge in [-0.15, -0.1) is 0 Å². The fourth-order valence-corrected chi connectivity index (χ4v) is 7.50. The van der Waals surface area contributed by atoms with Gasteiger partial charge < -0.3 is 5.32 Å². The van der Waals surface area contributed by atoms with E-state index in [1.54, 1.807) is 0 Å². The van der Waals surface area contributed by atoms with Crippen molar-refractivity contribution < 1.29 is 16.8 Å². The van der Waals surface area contributed by atoms with Gasteiger partial charge in [-0.2, -0.15) is 16.1 Å². The van der Waals surface area contributed by atoms with Crippen LogP contribution in [0.4, 0.5) is 0 Å². The lowest BCUT2D eigenvalue weighted by molar-refractivity contribution is 0.403. The summed E-state index contributed by atoms with van der Waals surface area (Å²) in [7, 11) is -6.89. The largest absolute Gasteiger partial charge is 0.315 e. The predicted octanol–water partition coefficient (Wildman–Crippen LogP) is 0.514. The first-order chi connectivity index (χ1) is 9.64. The van der Waals surface area contributed by atoms with Gasteiger partial charge in [-0.05, 0) is 19.4 Å². The number of hydrogen-bond acceptors (Lipinski definition) is 6. The molecule has 0 aromatic rings. The maximum absolute atomic E-state index is 12.4. The number of thioether (sulfide) groups is 1. The second-order valence-corrected chi connectivity index (χ2v) is 11.0. The highest BCUT2D eigenvalue weighted by molar-refractivity contribution is 8.01. The Morgan fingerprint density at radius 2 is 1.90 bits per heavy atom. The third-order valence-electron chi connectivity index (χ3n) is 3.27. The topological polar surface area (TPSA) is 83.6 Å². The van der Waals surface area contributed by atoms with E-state index >= 15 is 0 Å². The minimum atomic E-state index is -3.50. The van der Waals surface area contributed by atoms with Crippen LogP contribution < -0.4 is 5.32 Å². The van der Waals surface area contributed by atoms with E-state index in [4.69, 9.17) is 0 Å². The zero-order valence-electron chi connectivity index (χ0n) is 12.9.